The van der Waals surface area contributed by atoms with Gasteiger partial charge in [0.1, 0.15) is 6.61 Å². The topological polar surface area (TPSA) is 50.7 Å². The van der Waals surface area contributed by atoms with Gasteiger partial charge in [-0.15, -0.1) is 0 Å². The lowest BCUT2D eigenvalue weighted by molar-refractivity contribution is 0.191. The Labute approximate surface area is 152 Å². The molecule has 0 aliphatic rings. The minimum Gasteiger partial charge on any atom is -0.493 e. The van der Waals surface area contributed by atoms with Crippen LogP contribution in [0, 0.1) is 0 Å². The van der Waals surface area contributed by atoms with Gasteiger partial charge in [0, 0.05) is 29.2 Å². The van der Waals surface area contributed by atoms with Gasteiger partial charge in [-0.3, -0.25) is 0 Å². The summed E-state index contributed by atoms with van der Waals surface area (Å²) in [5, 5.41) is 13.7. The van der Waals surface area contributed by atoms with Gasteiger partial charge in [-0.05, 0) is 36.2 Å². The number of benzene rings is 2. The molecule has 0 heterocycles. The number of halogens is 2. The smallest absolute Gasteiger partial charge is 0.163 e. The van der Waals surface area contributed by atoms with Gasteiger partial charge in [0.25, 0.3) is 0 Å². The van der Waals surface area contributed by atoms with Crippen molar-refractivity contribution >= 4 is 23.2 Å². The van der Waals surface area contributed by atoms with Crippen molar-refractivity contribution < 1.29 is 14.6 Å². The number of aliphatic hydroxyl groups excluding tert-OH is 1. The van der Waals surface area contributed by atoms with Crippen LogP contribution in [0.5, 0.6) is 11.5 Å². The third kappa shape index (κ3) is 5.56. The van der Waals surface area contributed by atoms with E-state index in [9.17, 15) is 5.11 Å². The molecule has 0 bridgehead atoms. The molecule has 0 fully saturated rings. The van der Waals surface area contributed by atoms with E-state index in [2.05, 4.69) is 5.32 Å². The number of nitrogens with one attached hydrogen (secondary N) is 1. The molecule has 0 spiro atoms. The largest absolute Gasteiger partial charge is 0.493 e. The highest BCUT2D eigenvalue weighted by Crippen LogP contribution is 2.34. The fourth-order valence-corrected chi connectivity index (χ4v) is 2.49. The van der Waals surface area contributed by atoms with Gasteiger partial charge in [-0.1, -0.05) is 35.3 Å². The first kappa shape index (κ1) is 18.9. The van der Waals surface area contributed by atoms with Crippen molar-refractivity contribution in [1.29, 1.82) is 0 Å². The number of methoxy groups -OCH3 is 1. The van der Waals surface area contributed by atoms with Crippen LogP contribution in [-0.4, -0.2) is 24.9 Å². The Hall–Kier alpha value is -1.46. The maximum Gasteiger partial charge on any atom is 0.163 e. The van der Waals surface area contributed by atoms with Gasteiger partial charge in [0.2, 0.25) is 0 Å². The standard InChI is InChI=1S/C18H21Cl2NO3/c1-12(22)9-21-10-14-7-17(23-2)18(8-16(14)20)24-11-13-3-5-15(19)6-4-13/h3-8,12,21-22H,9-11H2,1-2H3. The summed E-state index contributed by atoms with van der Waals surface area (Å²) in [5.74, 6) is 1.19. The summed E-state index contributed by atoms with van der Waals surface area (Å²) in [6.07, 6.45) is -0.410. The number of hydrogen-bond acceptors (Lipinski definition) is 4. The molecule has 4 nitrogen and oxygen atoms in total. The van der Waals surface area contributed by atoms with Crippen molar-refractivity contribution in [3.63, 3.8) is 0 Å². The Kier molecular flexibility index (Phi) is 7.18. The van der Waals surface area contributed by atoms with Crippen molar-refractivity contribution in [3.8, 4) is 11.5 Å². The van der Waals surface area contributed by atoms with E-state index < -0.39 is 6.10 Å². The molecule has 0 amide bonds. The van der Waals surface area contributed by atoms with Crippen molar-refractivity contribution in [2.45, 2.75) is 26.2 Å². The molecule has 24 heavy (non-hydrogen) atoms. The molecule has 2 aromatic rings. The minimum atomic E-state index is -0.410. The first-order valence-electron chi connectivity index (χ1n) is 7.62. The third-order valence-corrected chi connectivity index (χ3v) is 4.00. The molecule has 1 atom stereocenters. The van der Waals surface area contributed by atoms with Crippen LogP contribution in [0.15, 0.2) is 36.4 Å². The average Bonchev–Trinajstić information content (AvgIpc) is 2.55. The molecule has 2 rings (SSSR count). The highest BCUT2D eigenvalue weighted by Gasteiger charge is 2.11. The van der Waals surface area contributed by atoms with E-state index in [0.717, 1.165) is 11.1 Å². The lowest BCUT2D eigenvalue weighted by Gasteiger charge is -2.15. The molecule has 1 unspecified atom stereocenters. The first-order chi connectivity index (χ1) is 11.5. The third-order valence-electron chi connectivity index (χ3n) is 3.40. The molecule has 0 aliphatic heterocycles. The Balaban J connectivity index is 2.06. The summed E-state index contributed by atoms with van der Waals surface area (Å²) in [6.45, 7) is 3.15. The van der Waals surface area contributed by atoms with Crippen LogP contribution >= 0.6 is 23.2 Å². The second kappa shape index (κ2) is 9.14. The molecule has 130 valence electrons. The van der Waals surface area contributed by atoms with E-state index in [1.807, 2.05) is 30.3 Å². The quantitative estimate of drug-likeness (QED) is 0.736. The van der Waals surface area contributed by atoms with Crippen LogP contribution in [0.25, 0.3) is 0 Å². The van der Waals surface area contributed by atoms with E-state index in [1.165, 1.54) is 0 Å². The highest BCUT2D eigenvalue weighted by molar-refractivity contribution is 6.31. The van der Waals surface area contributed by atoms with E-state index >= 15 is 0 Å². The zero-order valence-corrected chi connectivity index (χ0v) is 15.2. The maximum absolute atomic E-state index is 9.29. The van der Waals surface area contributed by atoms with Crippen molar-refractivity contribution in [2.75, 3.05) is 13.7 Å². The normalized spacial score (nSPS) is 12.0. The number of rotatable bonds is 8. The SMILES string of the molecule is COc1cc(CNCC(C)O)c(Cl)cc1OCc1ccc(Cl)cc1. The fraction of sp³-hybridized carbons (Fsp3) is 0.333. The Morgan fingerprint density at radius 2 is 1.83 bits per heavy atom. The van der Waals surface area contributed by atoms with E-state index in [1.54, 1.807) is 20.1 Å². The molecule has 6 heteroatoms. The lowest BCUT2D eigenvalue weighted by atomic mass is 10.2. The molecular formula is C18H21Cl2NO3. The van der Waals surface area contributed by atoms with Crippen LogP contribution in [0.1, 0.15) is 18.1 Å². The van der Waals surface area contributed by atoms with Crippen LogP contribution < -0.4 is 14.8 Å². The zero-order valence-electron chi connectivity index (χ0n) is 13.7. The molecule has 0 aromatic heterocycles. The fourth-order valence-electron chi connectivity index (χ4n) is 2.14. The van der Waals surface area contributed by atoms with Crippen LogP contribution in [0.2, 0.25) is 10.0 Å². The van der Waals surface area contributed by atoms with Gasteiger partial charge in [-0.25, -0.2) is 0 Å². The summed E-state index contributed by atoms with van der Waals surface area (Å²) in [4.78, 5) is 0. The lowest BCUT2D eigenvalue weighted by Crippen LogP contribution is -2.24. The Morgan fingerprint density at radius 1 is 1.12 bits per heavy atom. The van der Waals surface area contributed by atoms with Crippen LogP contribution in [-0.2, 0) is 13.2 Å². The van der Waals surface area contributed by atoms with Crippen molar-refractivity contribution in [2.24, 2.45) is 0 Å². The average molecular weight is 370 g/mol. The Bertz CT molecular complexity index is 660. The highest BCUT2D eigenvalue weighted by atomic mass is 35.5. The minimum absolute atomic E-state index is 0.392. The molecule has 0 aliphatic carbocycles. The monoisotopic (exact) mass is 369 g/mol. The molecule has 0 radical (unpaired) electrons. The number of hydrogen-bond donors (Lipinski definition) is 2. The van der Waals surface area contributed by atoms with Crippen LogP contribution in [0.3, 0.4) is 0 Å². The van der Waals surface area contributed by atoms with Crippen molar-refractivity contribution in [3.05, 3.63) is 57.6 Å². The Morgan fingerprint density at radius 3 is 2.46 bits per heavy atom. The second-order valence-corrected chi connectivity index (χ2v) is 6.33. The summed E-state index contributed by atoms with van der Waals surface area (Å²) in [5.41, 5.74) is 1.88. The zero-order chi connectivity index (χ0) is 17.5. The van der Waals surface area contributed by atoms with Gasteiger partial charge >= 0.3 is 0 Å². The molecule has 0 saturated carbocycles. The summed E-state index contributed by atoms with van der Waals surface area (Å²) in [6, 6.07) is 11.0. The summed E-state index contributed by atoms with van der Waals surface area (Å²) in [7, 11) is 1.59. The predicted molar refractivity (Wildman–Crippen MR) is 97.2 cm³/mol. The second-order valence-electron chi connectivity index (χ2n) is 5.49. The van der Waals surface area contributed by atoms with E-state index in [4.69, 9.17) is 32.7 Å². The molecule has 2 N–H and O–H groups in total. The molecule has 0 saturated heterocycles. The van der Waals surface area contributed by atoms with Gasteiger partial charge < -0.3 is 19.9 Å². The van der Waals surface area contributed by atoms with Gasteiger partial charge in [0.15, 0.2) is 11.5 Å². The van der Waals surface area contributed by atoms with Gasteiger partial charge in [0.05, 0.1) is 13.2 Å². The first-order valence-corrected chi connectivity index (χ1v) is 8.37. The molecular weight excluding hydrogens is 349 g/mol. The summed E-state index contributed by atoms with van der Waals surface area (Å²) >= 11 is 12.2. The van der Waals surface area contributed by atoms with Crippen molar-refractivity contribution in [1.82, 2.24) is 5.32 Å². The predicted octanol–water partition coefficient (Wildman–Crippen LogP) is 4.05. The van der Waals surface area contributed by atoms with E-state index in [0.29, 0.717) is 41.2 Å². The van der Waals surface area contributed by atoms with Crippen LogP contribution in [0.4, 0.5) is 0 Å². The molecule has 2 aromatic carbocycles. The maximum atomic E-state index is 9.29. The number of aliphatic hydroxyl groups is 1. The summed E-state index contributed by atoms with van der Waals surface area (Å²) < 4.78 is 11.2. The van der Waals surface area contributed by atoms with E-state index in [-0.39, 0.29) is 0 Å². The number of ether oxygens (including phenoxy) is 2. The van der Waals surface area contributed by atoms with Gasteiger partial charge in [-0.2, -0.15) is 0 Å².